The lowest BCUT2D eigenvalue weighted by molar-refractivity contribution is 0.261. The van der Waals surface area contributed by atoms with Gasteiger partial charge in [-0.15, -0.1) is 0 Å². The minimum absolute atomic E-state index is 0.128. The van der Waals surface area contributed by atoms with E-state index < -0.39 is 0 Å². The molecule has 0 saturated carbocycles. The van der Waals surface area contributed by atoms with Gasteiger partial charge in [0.25, 0.3) is 0 Å². The maximum Gasteiger partial charge on any atom is 0.00787 e. The molecule has 0 heterocycles. The Bertz CT molecular complexity index is 407. The molecule has 0 aliphatic rings. The van der Waals surface area contributed by atoms with Crippen LogP contribution >= 0.6 is 0 Å². The first kappa shape index (κ1) is 14.7. The van der Waals surface area contributed by atoms with Gasteiger partial charge in [-0.1, -0.05) is 69.8 Å². The molecule has 0 fully saturated rings. The number of hydrogen-bond acceptors (Lipinski definition) is 1. The van der Waals surface area contributed by atoms with Gasteiger partial charge >= 0.3 is 0 Å². The first-order valence-corrected chi connectivity index (χ1v) is 6.51. The molecular formula is C17H25N. The second-order valence-electron chi connectivity index (χ2n) is 5.94. The highest BCUT2D eigenvalue weighted by molar-refractivity contribution is 5.73. The summed E-state index contributed by atoms with van der Waals surface area (Å²) in [6, 6.07) is 10.5. The SMILES string of the molecule is C=C/C(=C\C(C(C)N)C(C)(C)C)c1ccccc1. The normalized spacial score (nSPS) is 16.2. The summed E-state index contributed by atoms with van der Waals surface area (Å²) in [4.78, 5) is 0. The van der Waals surface area contributed by atoms with Gasteiger partial charge in [0, 0.05) is 6.04 Å². The predicted molar refractivity (Wildman–Crippen MR) is 81.2 cm³/mol. The minimum atomic E-state index is 0.128. The number of benzene rings is 1. The van der Waals surface area contributed by atoms with Crippen molar-refractivity contribution >= 4 is 5.57 Å². The van der Waals surface area contributed by atoms with E-state index in [9.17, 15) is 0 Å². The quantitative estimate of drug-likeness (QED) is 0.785. The van der Waals surface area contributed by atoms with Gasteiger partial charge in [-0.3, -0.25) is 0 Å². The van der Waals surface area contributed by atoms with Gasteiger partial charge < -0.3 is 5.73 Å². The van der Waals surface area contributed by atoms with Crippen LogP contribution in [-0.4, -0.2) is 6.04 Å². The summed E-state index contributed by atoms with van der Waals surface area (Å²) >= 11 is 0. The zero-order chi connectivity index (χ0) is 13.8. The van der Waals surface area contributed by atoms with E-state index in [4.69, 9.17) is 5.73 Å². The highest BCUT2D eigenvalue weighted by Crippen LogP contribution is 2.32. The maximum absolute atomic E-state index is 6.12. The Kier molecular flexibility index (Phi) is 4.92. The zero-order valence-electron chi connectivity index (χ0n) is 12.0. The third-order valence-electron chi connectivity index (χ3n) is 3.25. The van der Waals surface area contributed by atoms with E-state index in [0.29, 0.717) is 5.92 Å². The van der Waals surface area contributed by atoms with Crippen LogP contribution in [0, 0.1) is 11.3 Å². The smallest absolute Gasteiger partial charge is 0.00787 e. The van der Waals surface area contributed by atoms with E-state index >= 15 is 0 Å². The van der Waals surface area contributed by atoms with Crippen molar-refractivity contribution in [3.8, 4) is 0 Å². The van der Waals surface area contributed by atoms with E-state index in [1.54, 1.807) is 0 Å². The number of rotatable bonds is 4. The fourth-order valence-electron chi connectivity index (χ4n) is 2.30. The van der Waals surface area contributed by atoms with Crippen molar-refractivity contribution in [2.45, 2.75) is 33.7 Å². The summed E-state index contributed by atoms with van der Waals surface area (Å²) < 4.78 is 0. The van der Waals surface area contributed by atoms with E-state index in [2.05, 4.69) is 52.5 Å². The fraction of sp³-hybridized carbons (Fsp3) is 0.412. The Hall–Kier alpha value is -1.34. The predicted octanol–water partition coefficient (Wildman–Crippen LogP) is 4.27. The molecule has 1 aromatic carbocycles. The largest absolute Gasteiger partial charge is 0.327 e. The van der Waals surface area contributed by atoms with Crippen molar-refractivity contribution in [1.82, 2.24) is 0 Å². The van der Waals surface area contributed by atoms with Crippen LogP contribution in [0.15, 0.2) is 49.1 Å². The molecule has 2 N–H and O–H groups in total. The minimum Gasteiger partial charge on any atom is -0.327 e. The van der Waals surface area contributed by atoms with Crippen LogP contribution in [0.3, 0.4) is 0 Å². The van der Waals surface area contributed by atoms with Gasteiger partial charge in [0.2, 0.25) is 0 Å². The Labute approximate surface area is 111 Å². The number of allylic oxidation sites excluding steroid dienone is 2. The van der Waals surface area contributed by atoms with Gasteiger partial charge in [0.05, 0.1) is 0 Å². The first-order chi connectivity index (χ1) is 8.36. The van der Waals surface area contributed by atoms with Crippen LogP contribution in [0.2, 0.25) is 0 Å². The number of hydrogen-bond donors (Lipinski definition) is 1. The Morgan fingerprint density at radius 1 is 1.22 bits per heavy atom. The third-order valence-corrected chi connectivity index (χ3v) is 3.25. The molecule has 18 heavy (non-hydrogen) atoms. The standard InChI is InChI=1S/C17H25N/c1-6-14(15-10-8-7-9-11-15)12-16(13(2)18)17(3,4)5/h6-13,16H,1,18H2,2-5H3/b14-12+. The molecular weight excluding hydrogens is 218 g/mol. The highest BCUT2D eigenvalue weighted by atomic mass is 14.6. The molecule has 0 bridgehead atoms. The van der Waals surface area contributed by atoms with Crippen molar-refractivity contribution in [2.75, 3.05) is 0 Å². The van der Waals surface area contributed by atoms with Crippen molar-refractivity contribution < 1.29 is 0 Å². The van der Waals surface area contributed by atoms with Crippen molar-refractivity contribution in [2.24, 2.45) is 17.1 Å². The summed E-state index contributed by atoms with van der Waals surface area (Å²) in [6.45, 7) is 12.7. The molecule has 0 saturated heterocycles. The molecule has 2 atom stereocenters. The maximum atomic E-state index is 6.12. The topological polar surface area (TPSA) is 26.0 Å². The molecule has 0 amide bonds. The van der Waals surface area contributed by atoms with E-state index in [0.717, 1.165) is 5.57 Å². The van der Waals surface area contributed by atoms with Crippen LogP contribution in [0.5, 0.6) is 0 Å². The lowest BCUT2D eigenvalue weighted by atomic mass is 9.75. The molecule has 1 aromatic rings. The van der Waals surface area contributed by atoms with Crippen LogP contribution in [0.25, 0.3) is 5.57 Å². The summed E-state index contributed by atoms with van der Waals surface area (Å²) in [7, 11) is 0. The summed E-state index contributed by atoms with van der Waals surface area (Å²) in [5, 5.41) is 0. The van der Waals surface area contributed by atoms with Gasteiger partial charge in [-0.2, -0.15) is 0 Å². The molecule has 0 spiro atoms. The molecule has 0 aliphatic carbocycles. The highest BCUT2D eigenvalue weighted by Gasteiger charge is 2.26. The molecule has 98 valence electrons. The monoisotopic (exact) mass is 243 g/mol. The Balaban J connectivity index is 3.14. The molecule has 1 heteroatoms. The average molecular weight is 243 g/mol. The molecule has 0 aromatic heterocycles. The average Bonchev–Trinajstić information content (AvgIpc) is 2.29. The molecule has 1 nitrogen and oxygen atoms in total. The van der Waals surface area contributed by atoms with Crippen LogP contribution in [-0.2, 0) is 0 Å². The van der Waals surface area contributed by atoms with E-state index in [1.807, 2.05) is 24.3 Å². The van der Waals surface area contributed by atoms with Crippen LogP contribution in [0.1, 0.15) is 33.3 Å². The summed E-state index contributed by atoms with van der Waals surface area (Å²) in [6.07, 6.45) is 4.17. The van der Waals surface area contributed by atoms with E-state index in [1.165, 1.54) is 5.56 Å². The molecule has 0 radical (unpaired) electrons. The molecule has 1 rings (SSSR count). The van der Waals surface area contributed by atoms with Gasteiger partial charge in [-0.05, 0) is 29.4 Å². The Morgan fingerprint density at radius 2 is 1.78 bits per heavy atom. The fourth-order valence-corrected chi connectivity index (χ4v) is 2.30. The molecule has 2 unspecified atom stereocenters. The number of nitrogens with two attached hydrogens (primary N) is 1. The third kappa shape index (κ3) is 3.85. The van der Waals surface area contributed by atoms with E-state index in [-0.39, 0.29) is 11.5 Å². The van der Waals surface area contributed by atoms with Crippen molar-refractivity contribution in [3.05, 3.63) is 54.6 Å². The second-order valence-corrected chi connectivity index (χ2v) is 5.94. The van der Waals surface area contributed by atoms with Gasteiger partial charge in [0.1, 0.15) is 0 Å². The first-order valence-electron chi connectivity index (χ1n) is 6.51. The summed E-state index contributed by atoms with van der Waals surface area (Å²) in [5.41, 5.74) is 8.63. The van der Waals surface area contributed by atoms with Crippen LogP contribution < -0.4 is 5.73 Å². The second kappa shape index (κ2) is 6.01. The Morgan fingerprint density at radius 3 is 2.17 bits per heavy atom. The lowest BCUT2D eigenvalue weighted by Crippen LogP contribution is -2.34. The summed E-state index contributed by atoms with van der Waals surface area (Å²) in [5.74, 6) is 0.325. The van der Waals surface area contributed by atoms with Crippen molar-refractivity contribution in [3.63, 3.8) is 0 Å². The van der Waals surface area contributed by atoms with Crippen molar-refractivity contribution in [1.29, 1.82) is 0 Å². The zero-order valence-corrected chi connectivity index (χ0v) is 12.0. The molecule has 0 aliphatic heterocycles. The van der Waals surface area contributed by atoms with Gasteiger partial charge in [0.15, 0.2) is 0 Å². The lowest BCUT2D eigenvalue weighted by Gasteiger charge is -2.32. The van der Waals surface area contributed by atoms with Crippen LogP contribution in [0.4, 0.5) is 0 Å². The van der Waals surface area contributed by atoms with Gasteiger partial charge in [-0.25, -0.2) is 0 Å².